The number of rotatable bonds is 7. The summed E-state index contributed by atoms with van der Waals surface area (Å²) in [5.74, 6) is -1.66. The lowest BCUT2D eigenvalue weighted by atomic mass is 9.65. The van der Waals surface area contributed by atoms with Crippen molar-refractivity contribution in [3.05, 3.63) is 86.3 Å². The highest BCUT2D eigenvalue weighted by Crippen LogP contribution is 2.48. The van der Waals surface area contributed by atoms with E-state index in [1.54, 1.807) is 36.7 Å². The number of nitrogens with two attached hydrogens (primary N) is 1. The Hall–Kier alpha value is -2.65. The second-order valence-electron chi connectivity index (χ2n) is 10.3. The van der Waals surface area contributed by atoms with Crippen molar-refractivity contribution in [2.45, 2.75) is 35.4 Å². The number of hydrogen-bond donors (Lipinski definition) is 2. The summed E-state index contributed by atoms with van der Waals surface area (Å²) in [6.45, 7) is 1.43. The highest BCUT2D eigenvalue weighted by Gasteiger charge is 2.48. The first-order valence-corrected chi connectivity index (χ1v) is 15.2. The number of ether oxygens (including phenoxy) is 1. The van der Waals surface area contributed by atoms with E-state index in [9.17, 15) is 14.4 Å². The molecule has 43 heavy (non-hydrogen) atoms. The molecule has 0 radical (unpaired) electrons. The largest absolute Gasteiger partial charge is 0.458 e. The van der Waals surface area contributed by atoms with Crippen molar-refractivity contribution in [1.82, 2.24) is 9.55 Å². The van der Waals surface area contributed by atoms with E-state index in [4.69, 9.17) is 80.1 Å². The number of nitrogens with one attached hydrogen (secondary N) is 1. The number of carbonyl (C=O) groups excluding carboxylic acids is 3. The Morgan fingerprint density at radius 2 is 1.79 bits per heavy atom. The number of aryl methyl sites for hydroxylation is 1. The summed E-state index contributed by atoms with van der Waals surface area (Å²) >= 11 is 36.3. The average Bonchev–Trinajstić information content (AvgIpc) is 3.46. The molecule has 224 valence electrons. The molecule has 2 aromatic heterocycles. The third-order valence-corrected chi connectivity index (χ3v) is 8.72. The third-order valence-electron chi connectivity index (χ3n) is 7.57. The van der Waals surface area contributed by atoms with Crippen molar-refractivity contribution in [2.24, 2.45) is 5.73 Å². The van der Waals surface area contributed by atoms with E-state index in [0.717, 1.165) is 17.4 Å². The summed E-state index contributed by atoms with van der Waals surface area (Å²) in [4.78, 5) is 42.7. The number of primary amides is 1. The van der Waals surface area contributed by atoms with Gasteiger partial charge in [-0.05, 0) is 55.2 Å². The van der Waals surface area contributed by atoms with Crippen LogP contribution in [0.4, 0.5) is 0 Å². The Kier molecular flexibility index (Phi) is 8.89. The van der Waals surface area contributed by atoms with Gasteiger partial charge in [-0.2, -0.15) is 0 Å². The third kappa shape index (κ3) is 6.04. The van der Waals surface area contributed by atoms with Crippen LogP contribution in [-0.2, 0) is 19.7 Å². The number of carbonyl (C=O) groups is 3. The van der Waals surface area contributed by atoms with Crippen LogP contribution in [0.1, 0.15) is 46.4 Å². The Labute approximate surface area is 276 Å². The van der Waals surface area contributed by atoms with Gasteiger partial charge in [-0.3, -0.25) is 14.2 Å². The maximum absolute atomic E-state index is 14.6. The van der Waals surface area contributed by atoms with E-state index >= 15 is 0 Å². The highest BCUT2D eigenvalue weighted by atomic mass is 35.6. The molecule has 0 bridgehead atoms. The first-order chi connectivity index (χ1) is 20.2. The number of fused-ring (bicyclic) bond motifs is 1. The fraction of sp³-hybridized carbons (Fsp3) is 0.233. The van der Waals surface area contributed by atoms with Gasteiger partial charge in [0, 0.05) is 45.7 Å². The fourth-order valence-corrected chi connectivity index (χ4v) is 6.66. The highest BCUT2D eigenvalue weighted by molar-refractivity contribution is 6.67. The molecule has 2 aromatic carbocycles. The molecule has 0 unspecified atom stereocenters. The summed E-state index contributed by atoms with van der Waals surface area (Å²) in [6, 6.07) is 8.38. The molecular weight excluding hydrogens is 679 g/mol. The van der Waals surface area contributed by atoms with Crippen molar-refractivity contribution < 1.29 is 19.1 Å². The normalized spacial score (nSPS) is 14.7. The van der Waals surface area contributed by atoms with Crippen LogP contribution in [0.25, 0.3) is 28.1 Å². The number of esters is 1. The van der Waals surface area contributed by atoms with Crippen LogP contribution >= 0.6 is 69.6 Å². The van der Waals surface area contributed by atoms with Crippen molar-refractivity contribution in [1.29, 1.82) is 0 Å². The minimum atomic E-state index is -1.74. The van der Waals surface area contributed by atoms with Crippen LogP contribution < -0.4 is 5.73 Å². The van der Waals surface area contributed by atoms with Gasteiger partial charge in [-0.15, -0.1) is 0 Å². The molecule has 13 heteroatoms. The molecule has 0 saturated heterocycles. The van der Waals surface area contributed by atoms with Gasteiger partial charge in [0.1, 0.15) is 6.61 Å². The Morgan fingerprint density at radius 1 is 1.12 bits per heavy atom. The number of aromatic amines is 1. The second kappa shape index (κ2) is 12.0. The van der Waals surface area contributed by atoms with Gasteiger partial charge in [-0.1, -0.05) is 88.2 Å². The predicted octanol–water partition coefficient (Wildman–Crippen LogP) is 8.43. The first kappa shape index (κ1) is 31.8. The molecule has 0 aliphatic heterocycles. The molecule has 1 fully saturated rings. The Bertz CT molecular complexity index is 1790. The monoisotopic (exact) mass is 699 g/mol. The zero-order valence-electron chi connectivity index (χ0n) is 22.4. The number of amides is 1. The van der Waals surface area contributed by atoms with Gasteiger partial charge < -0.3 is 15.5 Å². The molecule has 5 rings (SSSR count). The zero-order valence-corrected chi connectivity index (χ0v) is 27.0. The summed E-state index contributed by atoms with van der Waals surface area (Å²) in [6.07, 6.45) is 7.82. The molecule has 1 aliphatic rings. The maximum Gasteiger partial charge on any atom is 0.330 e. The summed E-state index contributed by atoms with van der Waals surface area (Å²) in [5.41, 5.74) is 8.25. The number of benzene rings is 2. The quantitative estimate of drug-likeness (QED) is 0.115. The fourth-order valence-electron chi connectivity index (χ4n) is 5.47. The van der Waals surface area contributed by atoms with Crippen LogP contribution in [0, 0.1) is 6.92 Å². The van der Waals surface area contributed by atoms with E-state index in [0.29, 0.717) is 45.8 Å². The maximum atomic E-state index is 14.6. The summed E-state index contributed by atoms with van der Waals surface area (Å²) in [7, 11) is 0. The molecule has 0 atom stereocenters. The zero-order chi connectivity index (χ0) is 31.3. The smallest absolute Gasteiger partial charge is 0.330 e. The van der Waals surface area contributed by atoms with Gasteiger partial charge >= 0.3 is 5.97 Å². The molecule has 7 nitrogen and oxygen atoms in total. The minimum absolute atomic E-state index is 0.220. The second-order valence-corrected chi connectivity index (χ2v) is 14.0. The van der Waals surface area contributed by atoms with E-state index in [1.165, 1.54) is 22.8 Å². The number of H-pyrrole nitrogens is 1. The summed E-state index contributed by atoms with van der Waals surface area (Å²) < 4.78 is 4.73. The van der Waals surface area contributed by atoms with Gasteiger partial charge in [0.15, 0.2) is 0 Å². The Morgan fingerprint density at radius 3 is 2.37 bits per heavy atom. The number of hydrogen-bond acceptors (Lipinski definition) is 4. The molecule has 1 aliphatic carbocycles. The average molecular weight is 702 g/mol. The predicted molar refractivity (Wildman–Crippen MR) is 173 cm³/mol. The lowest BCUT2D eigenvalue weighted by molar-refractivity contribution is -0.137. The van der Waals surface area contributed by atoms with Crippen LogP contribution in [-0.4, -0.2) is 37.7 Å². The molecule has 3 N–H and O–H groups in total. The van der Waals surface area contributed by atoms with Gasteiger partial charge in [0.05, 0.1) is 26.5 Å². The van der Waals surface area contributed by atoms with E-state index in [-0.39, 0.29) is 15.6 Å². The molecule has 1 amide bonds. The molecule has 2 heterocycles. The van der Waals surface area contributed by atoms with Crippen molar-refractivity contribution in [2.75, 3.05) is 6.61 Å². The number of halogens is 6. The van der Waals surface area contributed by atoms with E-state index < -0.39 is 33.6 Å². The van der Waals surface area contributed by atoms with Crippen LogP contribution in [0.2, 0.25) is 15.1 Å². The van der Waals surface area contributed by atoms with E-state index in [1.807, 2.05) is 6.92 Å². The van der Waals surface area contributed by atoms with Gasteiger partial charge in [-0.25, -0.2) is 4.79 Å². The lowest BCUT2D eigenvalue weighted by Crippen LogP contribution is -2.48. The van der Waals surface area contributed by atoms with Crippen LogP contribution in [0.5, 0.6) is 0 Å². The number of nitrogens with zero attached hydrogens (tertiary/aromatic N) is 1. The van der Waals surface area contributed by atoms with Crippen LogP contribution in [0.3, 0.4) is 0 Å². The van der Waals surface area contributed by atoms with Crippen LogP contribution in [0.15, 0.2) is 48.8 Å². The van der Waals surface area contributed by atoms with Gasteiger partial charge in [0.2, 0.25) is 9.70 Å². The molecule has 0 spiro atoms. The van der Waals surface area contributed by atoms with Crippen molar-refractivity contribution in [3.63, 3.8) is 0 Å². The topological polar surface area (TPSA) is 107 Å². The standard InChI is InChI=1S/C30H23Cl6N3O4/c1-15-13-39(21-5-2-4-16(23(15)21)6-7-22(40)43-14-30(34,35)36)27(41)25-18(24-19(32)10-17(31)11-20(24)33)12-38-26(25)29(28(37)42)8-3-9-29/h2,4-7,10-13,38H,3,8-9,14H2,1H3,(H2,37,42)/b7-6+. The minimum Gasteiger partial charge on any atom is -0.458 e. The van der Waals surface area contributed by atoms with Gasteiger partial charge in [0.25, 0.3) is 5.91 Å². The molecule has 4 aromatic rings. The molecular formula is C30H23Cl6N3O4. The Balaban J connectivity index is 1.64. The van der Waals surface area contributed by atoms with E-state index in [2.05, 4.69) is 4.98 Å². The number of aromatic nitrogens is 2. The first-order valence-electron chi connectivity index (χ1n) is 13.0. The SMILES string of the molecule is Cc1cn(C(=O)c2c(-c3c(Cl)cc(Cl)cc3Cl)c[nH]c2C2(C(N)=O)CCC2)c2cccc(/C=C/C(=O)OCC(Cl)(Cl)Cl)c12. The van der Waals surface area contributed by atoms with Crippen molar-refractivity contribution in [3.8, 4) is 11.1 Å². The molecule has 1 saturated carbocycles. The lowest BCUT2D eigenvalue weighted by Gasteiger charge is -2.38. The summed E-state index contributed by atoms with van der Waals surface area (Å²) in [5, 5.41) is 1.53. The van der Waals surface area contributed by atoms with Crippen molar-refractivity contribution >= 4 is 104 Å². The number of alkyl halides is 3.